The van der Waals surface area contributed by atoms with Gasteiger partial charge < -0.3 is 14.6 Å². The van der Waals surface area contributed by atoms with E-state index in [1.54, 1.807) is 38.5 Å². The van der Waals surface area contributed by atoms with Gasteiger partial charge in [0, 0.05) is 37.1 Å². The summed E-state index contributed by atoms with van der Waals surface area (Å²) in [6, 6.07) is 5.41. The van der Waals surface area contributed by atoms with Gasteiger partial charge in [-0.25, -0.2) is 9.52 Å². The Hall–Kier alpha value is -2.30. The van der Waals surface area contributed by atoms with Crippen molar-refractivity contribution in [1.29, 1.82) is 0 Å². The molecule has 1 fully saturated rings. The van der Waals surface area contributed by atoms with Gasteiger partial charge in [-0.2, -0.15) is 12.7 Å². The van der Waals surface area contributed by atoms with E-state index in [-0.39, 0.29) is 25.0 Å². The molecule has 1 aromatic carbocycles. The van der Waals surface area contributed by atoms with Crippen LogP contribution in [0.2, 0.25) is 5.02 Å². The standard InChI is InChI=1S/C21H29ClN4O5S/c1-13-6-7-16-15(18(13)22)12-17(25(16)5)19(27)23-14-8-10-26(11-9-14)32(29,30)24-20(28)31-21(2,3)4/h6-7,12,14H,8-11H2,1-5H3,(H,23,27)(H,24,28). The number of aromatic nitrogens is 1. The maximum absolute atomic E-state index is 12.9. The van der Waals surface area contributed by atoms with Crippen LogP contribution in [0.4, 0.5) is 4.79 Å². The minimum atomic E-state index is -4.01. The lowest BCUT2D eigenvalue weighted by Crippen LogP contribution is -2.51. The lowest BCUT2D eigenvalue weighted by atomic mass is 10.1. The van der Waals surface area contributed by atoms with Crippen LogP contribution < -0.4 is 10.0 Å². The van der Waals surface area contributed by atoms with Crippen LogP contribution in [0.1, 0.15) is 49.7 Å². The molecule has 0 radical (unpaired) electrons. The highest BCUT2D eigenvalue weighted by Gasteiger charge is 2.31. The summed E-state index contributed by atoms with van der Waals surface area (Å²) in [4.78, 5) is 24.7. The monoisotopic (exact) mass is 484 g/mol. The van der Waals surface area contributed by atoms with Crippen LogP contribution in [0.25, 0.3) is 10.9 Å². The van der Waals surface area contributed by atoms with Crippen LogP contribution in [0.5, 0.6) is 0 Å². The van der Waals surface area contributed by atoms with Gasteiger partial charge in [0.25, 0.3) is 5.91 Å². The Morgan fingerprint density at radius 3 is 2.41 bits per heavy atom. The second-order valence-electron chi connectivity index (χ2n) is 8.97. The number of nitrogens with one attached hydrogen (secondary N) is 2. The average molecular weight is 485 g/mol. The Morgan fingerprint density at radius 2 is 1.81 bits per heavy atom. The van der Waals surface area contributed by atoms with Crippen molar-refractivity contribution in [2.45, 2.75) is 52.2 Å². The Morgan fingerprint density at radius 1 is 1.19 bits per heavy atom. The molecule has 1 aliphatic heterocycles. The van der Waals surface area contributed by atoms with Crippen molar-refractivity contribution in [3.05, 3.63) is 34.5 Å². The predicted molar refractivity (Wildman–Crippen MR) is 123 cm³/mol. The van der Waals surface area contributed by atoms with Crippen molar-refractivity contribution < 1.29 is 22.7 Å². The zero-order valence-electron chi connectivity index (χ0n) is 18.9. The molecule has 2 aromatic rings. The molecule has 0 aliphatic carbocycles. The quantitative estimate of drug-likeness (QED) is 0.692. The van der Waals surface area contributed by atoms with Gasteiger partial charge in [0.15, 0.2) is 0 Å². The van der Waals surface area contributed by atoms with Gasteiger partial charge in [0.1, 0.15) is 11.3 Å². The molecule has 2 amide bonds. The van der Waals surface area contributed by atoms with E-state index in [0.29, 0.717) is 23.6 Å². The number of carbonyl (C=O) groups excluding carboxylic acids is 2. The molecular formula is C21H29ClN4O5S. The summed E-state index contributed by atoms with van der Waals surface area (Å²) < 4.78 is 34.8. The van der Waals surface area contributed by atoms with Gasteiger partial charge in [0.2, 0.25) is 0 Å². The smallest absolute Gasteiger partial charge is 0.422 e. The number of halogens is 1. The van der Waals surface area contributed by atoms with Gasteiger partial charge in [0.05, 0.1) is 5.02 Å². The maximum Gasteiger partial charge on any atom is 0.422 e. The summed E-state index contributed by atoms with van der Waals surface area (Å²) in [5, 5.41) is 4.41. The number of piperidine rings is 1. The molecule has 1 saturated heterocycles. The van der Waals surface area contributed by atoms with E-state index in [9.17, 15) is 18.0 Å². The van der Waals surface area contributed by atoms with E-state index in [0.717, 1.165) is 16.5 Å². The molecule has 176 valence electrons. The molecule has 0 spiro atoms. The molecule has 1 aromatic heterocycles. The number of benzene rings is 1. The first-order chi connectivity index (χ1) is 14.8. The van der Waals surface area contributed by atoms with Crippen molar-refractivity contribution >= 4 is 44.7 Å². The SMILES string of the molecule is Cc1ccc2c(cc(C(=O)NC3CCN(S(=O)(=O)NC(=O)OC(C)(C)C)CC3)n2C)c1Cl. The molecule has 3 rings (SSSR count). The number of aryl methyl sites for hydroxylation is 2. The van der Waals surface area contributed by atoms with Crippen molar-refractivity contribution in [2.75, 3.05) is 13.1 Å². The second-order valence-corrected chi connectivity index (χ2v) is 11.0. The molecular weight excluding hydrogens is 456 g/mol. The molecule has 9 nitrogen and oxygen atoms in total. The Kier molecular flexibility index (Phi) is 6.78. The van der Waals surface area contributed by atoms with Crippen LogP contribution in [-0.4, -0.2) is 54.0 Å². The highest BCUT2D eigenvalue weighted by molar-refractivity contribution is 7.87. The molecule has 0 unspecified atom stereocenters. The second kappa shape index (κ2) is 8.92. The van der Waals surface area contributed by atoms with Crippen LogP contribution in [-0.2, 0) is 22.0 Å². The Balaban J connectivity index is 1.61. The van der Waals surface area contributed by atoms with E-state index >= 15 is 0 Å². The highest BCUT2D eigenvalue weighted by atomic mass is 35.5. The molecule has 2 heterocycles. The van der Waals surface area contributed by atoms with E-state index < -0.39 is 21.9 Å². The number of hydrogen-bond donors (Lipinski definition) is 2. The van der Waals surface area contributed by atoms with Gasteiger partial charge in [-0.05, 0) is 58.2 Å². The third kappa shape index (κ3) is 5.36. The number of amides is 2. The number of hydrogen-bond acceptors (Lipinski definition) is 5. The fraction of sp³-hybridized carbons (Fsp3) is 0.524. The van der Waals surface area contributed by atoms with Crippen molar-refractivity contribution in [1.82, 2.24) is 18.9 Å². The molecule has 1 aliphatic rings. The summed E-state index contributed by atoms with van der Waals surface area (Å²) in [6.07, 6.45) is -0.173. The summed E-state index contributed by atoms with van der Waals surface area (Å²) >= 11 is 6.39. The van der Waals surface area contributed by atoms with Gasteiger partial charge in [-0.15, -0.1) is 0 Å². The van der Waals surface area contributed by atoms with E-state index in [4.69, 9.17) is 16.3 Å². The first-order valence-corrected chi connectivity index (χ1v) is 12.2. The van der Waals surface area contributed by atoms with E-state index in [1.165, 1.54) is 4.31 Å². The summed E-state index contributed by atoms with van der Waals surface area (Å²) in [5.74, 6) is -0.245. The largest absolute Gasteiger partial charge is 0.443 e. The average Bonchev–Trinajstić information content (AvgIpc) is 3.00. The number of nitrogens with zero attached hydrogens (tertiary/aromatic N) is 2. The summed E-state index contributed by atoms with van der Waals surface area (Å²) in [7, 11) is -2.21. The topological polar surface area (TPSA) is 110 Å². The molecule has 0 saturated carbocycles. The van der Waals surface area contributed by atoms with Crippen molar-refractivity contribution in [3.8, 4) is 0 Å². The first kappa shape index (κ1) is 24.3. The van der Waals surface area contributed by atoms with Crippen molar-refractivity contribution in [2.24, 2.45) is 7.05 Å². The third-order valence-corrected chi connectivity index (χ3v) is 7.30. The van der Waals surface area contributed by atoms with Crippen LogP contribution >= 0.6 is 11.6 Å². The fourth-order valence-corrected chi connectivity index (χ4v) is 4.96. The van der Waals surface area contributed by atoms with E-state index in [2.05, 4.69) is 5.32 Å². The summed E-state index contributed by atoms with van der Waals surface area (Å²) in [6.45, 7) is 7.20. The third-order valence-electron chi connectivity index (χ3n) is 5.33. The lowest BCUT2D eigenvalue weighted by Gasteiger charge is -2.31. The predicted octanol–water partition coefficient (Wildman–Crippen LogP) is 3.10. The Labute approximate surface area is 193 Å². The van der Waals surface area contributed by atoms with Gasteiger partial charge in [-0.3, -0.25) is 4.79 Å². The minimum Gasteiger partial charge on any atom is -0.443 e. The normalized spacial score (nSPS) is 16.2. The lowest BCUT2D eigenvalue weighted by molar-refractivity contribution is 0.0566. The first-order valence-electron chi connectivity index (χ1n) is 10.3. The van der Waals surface area contributed by atoms with E-state index in [1.807, 2.05) is 23.8 Å². The number of carbonyl (C=O) groups is 2. The van der Waals surface area contributed by atoms with Crippen LogP contribution in [0, 0.1) is 6.92 Å². The van der Waals surface area contributed by atoms with Crippen molar-refractivity contribution in [3.63, 3.8) is 0 Å². The molecule has 0 atom stereocenters. The zero-order valence-corrected chi connectivity index (χ0v) is 20.4. The number of fused-ring (bicyclic) bond motifs is 1. The summed E-state index contributed by atoms with van der Waals surface area (Å²) in [5.41, 5.74) is 1.47. The fourth-order valence-electron chi connectivity index (χ4n) is 3.67. The Bertz CT molecular complexity index is 1150. The molecule has 2 N–H and O–H groups in total. The molecule has 0 bridgehead atoms. The van der Waals surface area contributed by atoms with Crippen LogP contribution in [0.15, 0.2) is 18.2 Å². The number of rotatable bonds is 4. The highest BCUT2D eigenvalue weighted by Crippen LogP contribution is 2.29. The zero-order chi connectivity index (χ0) is 23.8. The van der Waals surface area contributed by atoms with Gasteiger partial charge in [-0.1, -0.05) is 17.7 Å². The maximum atomic E-state index is 12.9. The molecule has 32 heavy (non-hydrogen) atoms. The van der Waals surface area contributed by atoms with Gasteiger partial charge >= 0.3 is 16.3 Å². The minimum absolute atomic E-state index is 0.170. The van der Waals surface area contributed by atoms with Crippen LogP contribution in [0.3, 0.4) is 0 Å². The molecule has 11 heteroatoms. The number of ether oxygens (including phenoxy) is 1.